The largest absolute Gasteiger partial charge is 0.301 e. The van der Waals surface area contributed by atoms with Gasteiger partial charge in [-0.15, -0.1) is 5.10 Å². The molecule has 0 amide bonds. The maximum absolute atomic E-state index is 4.55. The molecular weight excluding hydrogens is 336 g/mol. The molecule has 2 fully saturated rings. The average molecular weight is 369 g/mol. The Morgan fingerprint density at radius 1 is 1.00 bits per heavy atom. The van der Waals surface area contributed by atoms with Gasteiger partial charge in [0.25, 0.3) is 0 Å². The highest BCUT2D eigenvalue weighted by molar-refractivity contribution is 5.28. The van der Waals surface area contributed by atoms with Crippen molar-refractivity contribution >= 4 is 0 Å². The third-order valence-corrected chi connectivity index (χ3v) is 6.30. The predicted molar refractivity (Wildman–Crippen MR) is 107 cm³/mol. The average Bonchev–Trinajstić information content (AvgIpc) is 3.20. The SMILES string of the molecule is CCN1CCN(C(c2ccc(C)cc2)c2nnnn2C2CCCCC2)CC1. The van der Waals surface area contributed by atoms with Crippen molar-refractivity contribution in [2.45, 2.75) is 58.0 Å². The van der Waals surface area contributed by atoms with Crippen LogP contribution in [-0.2, 0) is 0 Å². The van der Waals surface area contributed by atoms with E-state index < -0.39 is 0 Å². The van der Waals surface area contributed by atoms with Crippen LogP contribution in [0.5, 0.6) is 0 Å². The van der Waals surface area contributed by atoms with Crippen LogP contribution < -0.4 is 0 Å². The van der Waals surface area contributed by atoms with Crippen LogP contribution >= 0.6 is 0 Å². The van der Waals surface area contributed by atoms with E-state index in [1.165, 1.54) is 43.2 Å². The van der Waals surface area contributed by atoms with Gasteiger partial charge in [-0.3, -0.25) is 4.90 Å². The zero-order valence-electron chi connectivity index (χ0n) is 16.7. The van der Waals surface area contributed by atoms with Gasteiger partial charge in [0, 0.05) is 26.2 Å². The summed E-state index contributed by atoms with van der Waals surface area (Å²) < 4.78 is 2.15. The van der Waals surface area contributed by atoms with E-state index in [2.05, 4.69) is 68.1 Å². The van der Waals surface area contributed by atoms with E-state index >= 15 is 0 Å². The lowest BCUT2D eigenvalue weighted by atomic mass is 9.95. The van der Waals surface area contributed by atoms with Gasteiger partial charge in [-0.2, -0.15) is 0 Å². The van der Waals surface area contributed by atoms with Crippen molar-refractivity contribution in [3.05, 3.63) is 41.2 Å². The van der Waals surface area contributed by atoms with Crippen molar-refractivity contribution in [1.82, 2.24) is 30.0 Å². The molecule has 6 heteroatoms. The van der Waals surface area contributed by atoms with Gasteiger partial charge in [-0.1, -0.05) is 56.0 Å². The number of aryl methyl sites for hydroxylation is 1. The lowest BCUT2D eigenvalue weighted by molar-refractivity contribution is 0.107. The Labute approximate surface area is 162 Å². The minimum atomic E-state index is 0.140. The second kappa shape index (κ2) is 8.48. The van der Waals surface area contributed by atoms with Crippen LogP contribution in [0.25, 0.3) is 0 Å². The summed E-state index contributed by atoms with van der Waals surface area (Å²) in [6.07, 6.45) is 6.31. The van der Waals surface area contributed by atoms with Crippen molar-refractivity contribution < 1.29 is 0 Å². The van der Waals surface area contributed by atoms with Crippen LogP contribution in [0.3, 0.4) is 0 Å². The van der Waals surface area contributed by atoms with Crippen LogP contribution in [0.1, 0.15) is 68.1 Å². The van der Waals surface area contributed by atoms with E-state index in [0.717, 1.165) is 38.5 Å². The second-order valence-electron chi connectivity index (χ2n) is 8.06. The molecular formula is C21H32N6. The van der Waals surface area contributed by atoms with Gasteiger partial charge in [-0.25, -0.2) is 4.68 Å². The van der Waals surface area contributed by atoms with Crippen LogP contribution in [0.15, 0.2) is 24.3 Å². The van der Waals surface area contributed by atoms with E-state index in [4.69, 9.17) is 0 Å². The number of nitrogens with zero attached hydrogens (tertiary/aromatic N) is 6. The van der Waals surface area contributed by atoms with Crippen LogP contribution in [0, 0.1) is 6.92 Å². The number of hydrogen-bond acceptors (Lipinski definition) is 5. The fraction of sp³-hybridized carbons (Fsp3) is 0.667. The van der Waals surface area contributed by atoms with Gasteiger partial charge in [-0.05, 0) is 42.3 Å². The quantitative estimate of drug-likeness (QED) is 0.811. The third-order valence-electron chi connectivity index (χ3n) is 6.30. The second-order valence-corrected chi connectivity index (χ2v) is 8.06. The van der Waals surface area contributed by atoms with Gasteiger partial charge in [0.15, 0.2) is 5.82 Å². The molecule has 2 heterocycles. The Balaban J connectivity index is 1.66. The number of likely N-dealkylation sites (N-methyl/N-ethyl adjacent to an activating group) is 1. The van der Waals surface area contributed by atoms with Crippen molar-refractivity contribution in [1.29, 1.82) is 0 Å². The van der Waals surface area contributed by atoms with Crippen molar-refractivity contribution in [3.63, 3.8) is 0 Å². The Hall–Kier alpha value is -1.79. The molecule has 2 aromatic rings. The molecule has 4 rings (SSSR count). The Kier molecular flexibility index (Phi) is 5.83. The molecule has 1 saturated carbocycles. The molecule has 146 valence electrons. The first-order valence-corrected chi connectivity index (χ1v) is 10.6. The van der Waals surface area contributed by atoms with Crippen LogP contribution in [0.4, 0.5) is 0 Å². The molecule has 1 saturated heterocycles. The molecule has 0 N–H and O–H groups in total. The van der Waals surface area contributed by atoms with Crippen LogP contribution in [0.2, 0.25) is 0 Å². The Morgan fingerprint density at radius 2 is 1.70 bits per heavy atom. The maximum atomic E-state index is 4.55. The predicted octanol–water partition coefficient (Wildman–Crippen LogP) is 3.21. The highest BCUT2D eigenvalue weighted by atomic mass is 15.6. The summed E-state index contributed by atoms with van der Waals surface area (Å²) >= 11 is 0. The number of piperazine rings is 1. The topological polar surface area (TPSA) is 50.1 Å². The third kappa shape index (κ3) is 4.06. The monoisotopic (exact) mass is 368 g/mol. The number of rotatable bonds is 5. The van der Waals surface area contributed by atoms with Crippen molar-refractivity contribution in [2.24, 2.45) is 0 Å². The minimum Gasteiger partial charge on any atom is -0.301 e. The summed E-state index contributed by atoms with van der Waals surface area (Å²) in [5.74, 6) is 1.02. The van der Waals surface area contributed by atoms with E-state index in [1.54, 1.807) is 0 Å². The fourth-order valence-corrected chi connectivity index (χ4v) is 4.58. The van der Waals surface area contributed by atoms with E-state index in [9.17, 15) is 0 Å². The first-order chi connectivity index (χ1) is 13.3. The molecule has 6 nitrogen and oxygen atoms in total. The van der Waals surface area contributed by atoms with E-state index in [0.29, 0.717) is 6.04 Å². The first-order valence-electron chi connectivity index (χ1n) is 10.6. The molecule has 1 aliphatic heterocycles. The molecule has 0 radical (unpaired) electrons. The van der Waals surface area contributed by atoms with Crippen molar-refractivity contribution in [2.75, 3.05) is 32.7 Å². The normalized spacial score (nSPS) is 21.4. The van der Waals surface area contributed by atoms with Gasteiger partial charge in [0.05, 0.1) is 12.1 Å². The lowest BCUT2D eigenvalue weighted by Gasteiger charge is -2.39. The number of benzene rings is 1. The molecule has 0 spiro atoms. The van der Waals surface area contributed by atoms with E-state index in [-0.39, 0.29) is 6.04 Å². The number of hydrogen-bond donors (Lipinski definition) is 0. The fourth-order valence-electron chi connectivity index (χ4n) is 4.58. The minimum absolute atomic E-state index is 0.140. The number of aromatic nitrogens is 4. The zero-order chi connectivity index (χ0) is 18.6. The summed E-state index contributed by atoms with van der Waals surface area (Å²) in [6.45, 7) is 9.87. The molecule has 1 unspecified atom stereocenters. The van der Waals surface area contributed by atoms with Gasteiger partial charge in [0.1, 0.15) is 0 Å². The maximum Gasteiger partial charge on any atom is 0.173 e. The van der Waals surface area contributed by atoms with E-state index in [1.807, 2.05) is 0 Å². The molecule has 1 aliphatic carbocycles. The summed E-state index contributed by atoms with van der Waals surface area (Å²) in [4.78, 5) is 5.09. The molecule has 27 heavy (non-hydrogen) atoms. The summed E-state index contributed by atoms with van der Waals surface area (Å²) in [5.41, 5.74) is 2.59. The highest BCUT2D eigenvalue weighted by Crippen LogP contribution is 2.33. The molecule has 1 aromatic carbocycles. The molecule has 1 aromatic heterocycles. The molecule has 0 bridgehead atoms. The van der Waals surface area contributed by atoms with Crippen LogP contribution in [-0.4, -0.2) is 62.7 Å². The summed E-state index contributed by atoms with van der Waals surface area (Å²) in [6, 6.07) is 9.52. The Morgan fingerprint density at radius 3 is 2.37 bits per heavy atom. The number of tetrazole rings is 1. The lowest BCUT2D eigenvalue weighted by Crippen LogP contribution is -2.48. The Bertz CT molecular complexity index is 711. The first kappa shape index (κ1) is 18.6. The van der Waals surface area contributed by atoms with Crippen molar-refractivity contribution in [3.8, 4) is 0 Å². The molecule has 1 atom stereocenters. The summed E-state index contributed by atoms with van der Waals surface area (Å²) in [7, 11) is 0. The van der Waals surface area contributed by atoms with Gasteiger partial charge in [0.2, 0.25) is 0 Å². The smallest absolute Gasteiger partial charge is 0.173 e. The standard InChI is InChI=1S/C21H32N6/c1-3-25-13-15-26(16-14-25)20(18-11-9-17(2)10-12-18)21-22-23-24-27(21)19-7-5-4-6-8-19/h9-12,19-20H,3-8,13-16H2,1-2H3. The van der Waals surface area contributed by atoms with Gasteiger partial charge < -0.3 is 4.90 Å². The van der Waals surface area contributed by atoms with Gasteiger partial charge >= 0.3 is 0 Å². The zero-order valence-corrected chi connectivity index (χ0v) is 16.7. The highest BCUT2D eigenvalue weighted by Gasteiger charge is 2.32. The molecule has 2 aliphatic rings. The summed E-state index contributed by atoms with van der Waals surface area (Å²) in [5, 5.41) is 13.1.